The average molecular weight is 319 g/mol. The van der Waals surface area contributed by atoms with Gasteiger partial charge in [0.2, 0.25) is 11.0 Å². The highest BCUT2D eigenvalue weighted by Crippen LogP contribution is 2.31. The van der Waals surface area contributed by atoms with Crippen LogP contribution in [0.2, 0.25) is 0 Å². The van der Waals surface area contributed by atoms with Crippen molar-refractivity contribution in [1.82, 2.24) is 10.2 Å². The second-order valence-corrected chi connectivity index (χ2v) is 7.41. The minimum absolute atomic E-state index is 0.0906. The largest absolute Gasteiger partial charge is 0.300 e. The average Bonchev–Trinajstić information content (AvgIpc) is 2.83. The predicted molar refractivity (Wildman–Crippen MR) is 86.6 cm³/mol. The number of aryl methyl sites for hydroxylation is 1. The van der Waals surface area contributed by atoms with Crippen LogP contribution in [0.25, 0.3) is 0 Å². The summed E-state index contributed by atoms with van der Waals surface area (Å²) in [4.78, 5) is 11.8. The number of thioether (sulfide) groups is 1. The number of nitrogens with one attached hydrogen (secondary N) is 1. The van der Waals surface area contributed by atoms with Crippen LogP contribution < -0.4 is 5.32 Å². The molecule has 1 aliphatic carbocycles. The van der Waals surface area contributed by atoms with Gasteiger partial charge in [0.15, 0.2) is 4.34 Å². The number of amides is 1. The van der Waals surface area contributed by atoms with Crippen LogP contribution in [-0.2, 0) is 10.5 Å². The summed E-state index contributed by atoms with van der Waals surface area (Å²) in [6.07, 6.45) is 3.16. The van der Waals surface area contributed by atoms with Crippen LogP contribution >= 0.6 is 23.1 Å². The third-order valence-electron chi connectivity index (χ3n) is 3.72. The van der Waals surface area contributed by atoms with Crippen LogP contribution in [0.1, 0.15) is 30.4 Å². The van der Waals surface area contributed by atoms with Crippen LogP contribution in [0, 0.1) is 12.8 Å². The first-order valence-electron chi connectivity index (χ1n) is 7.04. The maximum absolute atomic E-state index is 11.8. The number of hydrogen-bond acceptors (Lipinski definition) is 5. The van der Waals surface area contributed by atoms with Crippen molar-refractivity contribution in [3.05, 3.63) is 35.4 Å². The number of anilines is 1. The van der Waals surface area contributed by atoms with Crippen molar-refractivity contribution >= 4 is 34.1 Å². The molecule has 1 amide bonds. The van der Waals surface area contributed by atoms with Gasteiger partial charge in [0.25, 0.3) is 0 Å². The van der Waals surface area contributed by atoms with Gasteiger partial charge in [-0.25, -0.2) is 0 Å². The fourth-order valence-electron chi connectivity index (χ4n) is 2.11. The highest BCUT2D eigenvalue weighted by molar-refractivity contribution is 8.00. The summed E-state index contributed by atoms with van der Waals surface area (Å²) < 4.78 is 0.891. The standard InChI is InChI=1S/C15H17N3OS2/c1-10-5-2-3-6-12(10)9-20-15-18-17-14(21-15)16-13(19)11-7-4-8-11/h2-3,5-6,11H,4,7-9H2,1H3,(H,16,17,19). The molecule has 1 aliphatic rings. The first-order valence-corrected chi connectivity index (χ1v) is 8.84. The lowest BCUT2D eigenvalue weighted by Gasteiger charge is -2.23. The van der Waals surface area contributed by atoms with E-state index in [1.165, 1.54) is 22.5 Å². The van der Waals surface area contributed by atoms with Gasteiger partial charge in [-0.05, 0) is 30.9 Å². The third kappa shape index (κ3) is 3.63. The molecule has 1 saturated carbocycles. The van der Waals surface area contributed by atoms with Crippen molar-refractivity contribution in [2.24, 2.45) is 5.92 Å². The summed E-state index contributed by atoms with van der Waals surface area (Å²) in [7, 11) is 0. The molecule has 1 aromatic carbocycles. The SMILES string of the molecule is Cc1ccccc1CSc1nnc(NC(=O)C2CCC2)s1. The van der Waals surface area contributed by atoms with Crippen molar-refractivity contribution < 1.29 is 4.79 Å². The van der Waals surface area contributed by atoms with E-state index in [0.717, 1.165) is 29.4 Å². The van der Waals surface area contributed by atoms with Gasteiger partial charge in [0.05, 0.1) is 0 Å². The van der Waals surface area contributed by atoms with Gasteiger partial charge < -0.3 is 5.32 Å². The van der Waals surface area contributed by atoms with Crippen LogP contribution in [0.4, 0.5) is 5.13 Å². The Morgan fingerprint density at radius 2 is 2.19 bits per heavy atom. The smallest absolute Gasteiger partial charge is 0.229 e. The number of benzene rings is 1. The van der Waals surface area contributed by atoms with E-state index in [1.807, 2.05) is 12.1 Å². The molecule has 21 heavy (non-hydrogen) atoms. The number of rotatable bonds is 5. The number of hydrogen-bond donors (Lipinski definition) is 1. The molecule has 2 aromatic rings. The molecule has 1 aromatic heterocycles. The zero-order valence-electron chi connectivity index (χ0n) is 11.8. The lowest BCUT2D eigenvalue weighted by atomic mass is 9.85. The second kappa shape index (κ2) is 6.58. The Labute approximate surface area is 132 Å². The van der Waals surface area contributed by atoms with Crippen molar-refractivity contribution in [3.8, 4) is 0 Å². The lowest BCUT2D eigenvalue weighted by Crippen LogP contribution is -2.27. The molecule has 110 valence electrons. The highest BCUT2D eigenvalue weighted by atomic mass is 32.2. The molecule has 1 fully saturated rings. The van der Waals surface area contributed by atoms with Gasteiger partial charge in [-0.15, -0.1) is 10.2 Å². The Balaban J connectivity index is 1.55. The molecule has 3 rings (SSSR count). The molecule has 0 spiro atoms. The van der Waals surface area contributed by atoms with Crippen LogP contribution in [0.15, 0.2) is 28.6 Å². The summed E-state index contributed by atoms with van der Waals surface area (Å²) >= 11 is 3.10. The van der Waals surface area contributed by atoms with Crippen molar-refractivity contribution in [3.63, 3.8) is 0 Å². The molecule has 0 aliphatic heterocycles. The minimum atomic E-state index is 0.0906. The van der Waals surface area contributed by atoms with Gasteiger partial charge in [0.1, 0.15) is 0 Å². The Hall–Kier alpha value is -1.40. The monoisotopic (exact) mass is 319 g/mol. The third-order valence-corrected chi connectivity index (χ3v) is 5.75. The Kier molecular flexibility index (Phi) is 4.55. The molecular formula is C15H17N3OS2. The topological polar surface area (TPSA) is 54.9 Å². The molecule has 0 atom stereocenters. The number of aromatic nitrogens is 2. The fraction of sp³-hybridized carbons (Fsp3) is 0.400. The van der Waals surface area contributed by atoms with Crippen molar-refractivity contribution in [2.75, 3.05) is 5.32 Å². The molecule has 6 heteroatoms. The summed E-state index contributed by atoms with van der Waals surface area (Å²) in [6.45, 7) is 2.11. The Morgan fingerprint density at radius 3 is 2.90 bits per heavy atom. The summed E-state index contributed by atoms with van der Waals surface area (Å²) in [5, 5.41) is 11.7. The maximum atomic E-state index is 11.8. The van der Waals surface area contributed by atoms with E-state index < -0.39 is 0 Å². The predicted octanol–water partition coefficient (Wildman–Crippen LogP) is 3.88. The van der Waals surface area contributed by atoms with Crippen molar-refractivity contribution in [1.29, 1.82) is 0 Å². The van der Waals surface area contributed by atoms with E-state index in [0.29, 0.717) is 5.13 Å². The lowest BCUT2D eigenvalue weighted by molar-refractivity contribution is -0.122. The summed E-state index contributed by atoms with van der Waals surface area (Å²) in [5.74, 6) is 1.14. The molecule has 0 saturated heterocycles. The first kappa shape index (κ1) is 14.5. The second-order valence-electron chi connectivity index (χ2n) is 5.21. The van der Waals surface area contributed by atoms with E-state index in [4.69, 9.17) is 0 Å². The van der Waals surface area contributed by atoms with Crippen LogP contribution in [0.3, 0.4) is 0 Å². The quantitative estimate of drug-likeness (QED) is 0.671. The molecular weight excluding hydrogens is 302 g/mol. The van der Waals surface area contributed by atoms with Gasteiger partial charge in [-0.1, -0.05) is 53.8 Å². The Morgan fingerprint density at radius 1 is 1.38 bits per heavy atom. The number of nitrogens with zero attached hydrogens (tertiary/aromatic N) is 2. The Bertz CT molecular complexity index is 637. The highest BCUT2D eigenvalue weighted by Gasteiger charge is 2.25. The molecule has 1 N–H and O–H groups in total. The first-order chi connectivity index (χ1) is 10.2. The number of carbonyl (C=O) groups excluding carboxylic acids is 1. The maximum Gasteiger partial charge on any atom is 0.229 e. The summed E-state index contributed by atoms with van der Waals surface area (Å²) in [6, 6.07) is 8.33. The molecule has 1 heterocycles. The number of carbonyl (C=O) groups is 1. The van der Waals surface area contributed by atoms with E-state index in [-0.39, 0.29) is 11.8 Å². The van der Waals surface area contributed by atoms with E-state index in [9.17, 15) is 4.79 Å². The zero-order chi connectivity index (χ0) is 14.7. The van der Waals surface area contributed by atoms with Crippen LogP contribution in [-0.4, -0.2) is 16.1 Å². The van der Waals surface area contributed by atoms with E-state index >= 15 is 0 Å². The van der Waals surface area contributed by atoms with Gasteiger partial charge >= 0.3 is 0 Å². The van der Waals surface area contributed by atoms with Crippen molar-refractivity contribution in [2.45, 2.75) is 36.3 Å². The minimum Gasteiger partial charge on any atom is -0.300 e. The summed E-state index contributed by atoms with van der Waals surface area (Å²) in [5.41, 5.74) is 2.59. The molecule has 0 bridgehead atoms. The molecule has 4 nitrogen and oxygen atoms in total. The van der Waals surface area contributed by atoms with E-state index in [2.05, 4.69) is 34.6 Å². The van der Waals surface area contributed by atoms with Gasteiger partial charge in [-0.2, -0.15) is 0 Å². The molecule has 0 unspecified atom stereocenters. The zero-order valence-corrected chi connectivity index (χ0v) is 13.5. The normalized spacial score (nSPS) is 14.7. The van der Waals surface area contributed by atoms with Crippen LogP contribution in [0.5, 0.6) is 0 Å². The molecule has 0 radical (unpaired) electrons. The fourth-order valence-corrected chi connectivity index (χ4v) is 3.94. The van der Waals surface area contributed by atoms with Gasteiger partial charge in [-0.3, -0.25) is 4.79 Å². The van der Waals surface area contributed by atoms with E-state index in [1.54, 1.807) is 11.8 Å². The van der Waals surface area contributed by atoms with Gasteiger partial charge in [0, 0.05) is 11.7 Å².